The van der Waals surface area contributed by atoms with Gasteiger partial charge in [-0.25, -0.2) is 0 Å². The van der Waals surface area contributed by atoms with Gasteiger partial charge < -0.3 is 10.4 Å². The highest BCUT2D eigenvalue weighted by Crippen LogP contribution is 2.21. The highest BCUT2D eigenvalue weighted by molar-refractivity contribution is 5.75. The van der Waals surface area contributed by atoms with Gasteiger partial charge in [-0.1, -0.05) is 13.8 Å². The number of halogens is 3. The molecule has 0 aliphatic carbocycles. The lowest BCUT2D eigenvalue weighted by Crippen LogP contribution is -2.27. The maximum Gasteiger partial charge on any atom is 0.389 e. The van der Waals surface area contributed by atoms with Crippen LogP contribution in [-0.2, 0) is 4.79 Å². The van der Waals surface area contributed by atoms with Gasteiger partial charge in [-0.3, -0.25) is 4.79 Å². The topological polar surface area (TPSA) is 49.3 Å². The summed E-state index contributed by atoms with van der Waals surface area (Å²) in [7, 11) is 0. The number of alkyl halides is 3. The first kappa shape index (κ1) is 16.2. The van der Waals surface area contributed by atoms with Gasteiger partial charge in [-0.2, -0.15) is 13.2 Å². The van der Waals surface area contributed by atoms with Crippen LogP contribution < -0.4 is 5.32 Å². The quantitative estimate of drug-likeness (QED) is 0.685. The number of hydrogen-bond donors (Lipinski definition) is 2. The fraction of sp³-hybridized carbons (Fsp3) is 0.909. The fourth-order valence-electron chi connectivity index (χ4n) is 1.22. The van der Waals surface area contributed by atoms with Crippen LogP contribution in [0.2, 0.25) is 0 Å². The average Bonchev–Trinajstić information content (AvgIpc) is 2.20. The Kier molecular flexibility index (Phi) is 6.52. The fourth-order valence-corrected chi connectivity index (χ4v) is 1.22. The standard InChI is InChI=1S/C11H20F3NO2/c1-10(2,8-16)5-3-7-15-9(17)4-6-11(12,13)14/h16H,3-8H2,1-2H3,(H,15,17). The summed E-state index contributed by atoms with van der Waals surface area (Å²) in [6, 6.07) is 0. The third kappa shape index (κ3) is 10.1. The second kappa shape index (κ2) is 6.83. The Morgan fingerprint density at radius 2 is 1.82 bits per heavy atom. The zero-order chi connectivity index (χ0) is 13.5. The number of amides is 1. The molecule has 1 amide bonds. The first-order chi connectivity index (χ1) is 7.66. The molecule has 0 aliphatic heterocycles. The van der Waals surface area contributed by atoms with Crippen LogP contribution in [0.25, 0.3) is 0 Å². The molecule has 0 rings (SSSR count). The Hall–Kier alpha value is -0.780. The van der Waals surface area contributed by atoms with Gasteiger partial charge in [-0.05, 0) is 18.3 Å². The Morgan fingerprint density at radius 3 is 2.29 bits per heavy atom. The van der Waals surface area contributed by atoms with Crippen molar-refractivity contribution < 1.29 is 23.1 Å². The molecular formula is C11H20F3NO2. The van der Waals surface area contributed by atoms with Gasteiger partial charge >= 0.3 is 6.18 Å². The third-order valence-corrected chi connectivity index (χ3v) is 2.42. The molecule has 0 fully saturated rings. The van der Waals surface area contributed by atoms with Crippen molar-refractivity contribution in [3.8, 4) is 0 Å². The van der Waals surface area contributed by atoms with Crippen LogP contribution in [0.3, 0.4) is 0 Å². The van der Waals surface area contributed by atoms with Gasteiger partial charge in [0.1, 0.15) is 0 Å². The van der Waals surface area contributed by atoms with Gasteiger partial charge in [-0.15, -0.1) is 0 Å². The van der Waals surface area contributed by atoms with E-state index < -0.39 is 24.9 Å². The van der Waals surface area contributed by atoms with E-state index in [4.69, 9.17) is 5.11 Å². The smallest absolute Gasteiger partial charge is 0.389 e. The van der Waals surface area contributed by atoms with Crippen molar-refractivity contribution in [1.29, 1.82) is 0 Å². The van der Waals surface area contributed by atoms with Crippen LogP contribution in [0.15, 0.2) is 0 Å². The van der Waals surface area contributed by atoms with Crippen molar-refractivity contribution >= 4 is 5.91 Å². The molecule has 17 heavy (non-hydrogen) atoms. The van der Waals surface area contributed by atoms with E-state index in [2.05, 4.69) is 5.32 Å². The molecule has 0 spiro atoms. The number of hydrogen-bond acceptors (Lipinski definition) is 2. The zero-order valence-electron chi connectivity index (χ0n) is 10.2. The number of rotatable bonds is 7. The van der Waals surface area contributed by atoms with Gasteiger partial charge in [0.25, 0.3) is 0 Å². The van der Waals surface area contributed by atoms with Crippen molar-refractivity contribution in [3.63, 3.8) is 0 Å². The lowest BCUT2D eigenvalue weighted by molar-refractivity contribution is -0.144. The Bertz CT molecular complexity index is 239. The van der Waals surface area contributed by atoms with Gasteiger partial charge in [0.15, 0.2) is 0 Å². The van der Waals surface area contributed by atoms with E-state index in [1.165, 1.54) is 0 Å². The molecule has 0 heterocycles. The third-order valence-electron chi connectivity index (χ3n) is 2.42. The second-order valence-corrected chi connectivity index (χ2v) is 4.89. The number of carbonyl (C=O) groups excluding carboxylic acids is 1. The minimum atomic E-state index is -4.28. The Labute approximate surface area is 99.4 Å². The maximum absolute atomic E-state index is 11.8. The first-order valence-electron chi connectivity index (χ1n) is 5.61. The van der Waals surface area contributed by atoms with Crippen LogP contribution >= 0.6 is 0 Å². The average molecular weight is 255 g/mol. The van der Waals surface area contributed by atoms with E-state index in [0.29, 0.717) is 19.4 Å². The molecule has 6 heteroatoms. The summed E-state index contributed by atoms with van der Waals surface area (Å²) in [6.45, 7) is 4.17. The summed E-state index contributed by atoms with van der Waals surface area (Å²) < 4.78 is 35.4. The van der Waals surface area contributed by atoms with Crippen molar-refractivity contribution in [3.05, 3.63) is 0 Å². The van der Waals surface area contributed by atoms with Crippen LogP contribution in [0.5, 0.6) is 0 Å². The Morgan fingerprint density at radius 1 is 1.24 bits per heavy atom. The van der Waals surface area contributed by atoms with Gasteiger partial charge in [0.05, 0.1) is 6.42 Å². The van der Waals surface area contributed by atoms with Crippen molar-refractivity contribution in [1.82, 2.24) is 5.32 Å². The molecule has 0 saturated heterocycles. The largest absolute Gasteiger partial charge is 0.396 e. The van der Waals surface area contributed by atoms with Crippen molar-refractivity contribution in [2.24, 2.45) is 5.41 Å². The molecule has 102 valence electrons. The lowest BCUT2D eigenvalue weighted by Gasteiger charge is -2.21. The molecular weight excluding hydrogens is 235 g/mol. The number of aliphatic hydroxyl groups excluding tert-OH is 1. The van der Waals surface area contributed by atoms with Crippen LogP contribution in [0.4, 0.5) is 13.2 Å². The number of nitrogens with one attached hydrogen (secondary N) is 1. The van der Waals surface area contributed by atoms with E-state index in [9.17, 15) is 18.0 Å². The van der Waals surface area contributed by atoms with E-state index in [1.807, 2.05) is 13.8 Å². The van der Waals surface area contributed by atoms with Crippen LogP contribution in [-0.4, -0.2) is 30.3 Å². The molecule has 0 aliphatic rings. The molecule has 0 aromatic heterocycles. The summed E-state index contributed by atoms with van der Waals surface area (Å²) in [4.78, 5) is 11.0. The first-order valence-corrected chi connectivity index (χ1v) is 5.61. The predicted octanol–water partition coefficient (Wildman–Crippen LogP) is 2.24. The summed E-state index contributed by atoms with van der Waals surface area (Å²) in [5, 5.41) is 11.4. The van der Waals surface area contributed by atoms with Crippen LogP contribution in [0, 0.1) is 5.41 Å². The zero-order valence-corrected chi connectivity index (χ0v) is 10.2. The highest BCUT2D eigenvalue weighted by atomic mass is 19.4. The minimum absolute atomic E-state index is 0.0506. The number of aliphatic hydroxyl groups is 1. The summed E-state index contributed by atoms with van der Waals surface area (Å²) in [6.07, 6.45) is -4.53. The van der Waals surface area contributed by atoms with E-state index in [0.717, 1.165) is 0 Å². The van der Waals surface area contributed by atoms with E-state index in [1.54, 1.807) is 0 Å². The van der Waals surface area contributed by atoms with E-state index in [-0.39, 0.29) is 12.0 Å². The van der Waals surface area contributed by atoms with Crippen molar-refractivity contribution in [2.75, 3.05) is 13.2 Å². The molecule has 0 atom stereocenters. The second-order valence-electron chi connectivity index (χ2n) is 4.89. The number of carbonyl (C=O) groups is 1. The molecule has 2 N–H and O–H groups in total. The monoisotopic (exact) mass is 255 g/mol. The van der Waals surface area contributed by atoms with Crippen molar-refractivity contribution in [2.45, 2.75) is 45.7 Å². The molecule has 0 unspecified atom stereocenters. The highest BCUT2D eigenvalue weighted by Gasteiger charge is 2.27. The molecule has 0 bridgehead atoms. The van der Waals surface area contributed by atoms with Gasteiger partial charge in [0.2, 0.25) is 5.91 Å². The molecule has 3 nitrogen and oxygen atoms in total. The van der Waals surface area contributed by atoms with Crippen LogP contribution in [0.1, 0.15) is 39.5 Å². The summed E-state index contributed by atoms with van der Waals surface area (Å²) in [5.41, 5.74) is -0.212. The summed E-state index contributed by atoms with van der Waals surface area (Å²) in [5.74, 6) is -0.580. The normalized spacial score (nSPS) is 12.6. The molecule has 0 aromatic rings. The maximum atomic E-state index is 11.8. The Balaban J connectivity index is 3.59. The summed E-state index contributed by atoms with van der Waals surface area (Å²) >= 11 is 0. The lowest BCUT2D eigenvalue weighted by atomic mass is 9.89. The SMILES string of the molecule is CC(C)(CO)CCCNC(=O)CCC(F)(F)F. The molecule has 0 saturated carbocycles. The molecule has 0 radical (unpaired) electrons. The van der Waals surface area contributed by atoms with Gasteiger partial charge in [0, 0.05) is 19.6 Å². The molecule has 0 aromatic carbocycles. The minimum Gasteiger partial charge on any atom is -0.396 e. The van der Waals surface area contributed by atoms with E-state index >= 15 is 0 Å². The predicted molar refractivity (Wildman–Crippen MR) is 58.4 cm³/mol.